The van der Waals surface area contributed by atoms with Crippen molar-refractivity contribution in [3.63, 3.8) is 0 Å². The Morgan fingerprint density at radius 3 is 2.52 bits per heavy atom. The summed E-state index contributed by atoms with van der Waals surface area (Å²) >= 11 is 0. The average molecular weight is 301 g/mol. The van der Waals surface area contributed by atoms with Crippen LogP contribution in [0.25, 0.3) is 0 Å². The van der Waals surface area contributed by atoms with Crippen molar-refractivity contribution in [1.82, 2.24) is 0 Å². The molecular formula is C13H11F4N3O. The summed E-state index contributed by atoms with van der Waals surface area (Å²) in [6.07, 6.45) is -4.59. The topological polar surface area (TPSA) is 70.1 Å². The van der Waals surface area contributed by atoms with Crippen molar-refractivity contribution in [2.24, 2.45) is 17.6 Å². The van der Waals surface area contributed by atoms with Crippen LogP contribution in [0.3, 0.4) is 0 Å². The van der Waals surface area contributed by atoms with E-state index in [4.69, 9.17) is 11.0 Å². The van der Waals surface area contributed by atoms with E-state index in [9.17, 15) is 22.4 Å². The first-order valence-corrected chi connectivity index (χ1v) is 6.05. The van der Waals surface area contributed by atoms with E-state index >= 15 is 0 Å². The average Bonchev–Trinajstić information content (AvgIpc) is 2.83. The maximum absolute atomic E-state index is 13.5. The van der Waals surface area contributed by atoms with Gasteiger partial charge in [-0.2, -0.15) is 18.4 Å². The number of benzene rings is 1. The van der Waals surface area contributed by atoms with Crippen LogP contribution in [0.4, 0.5) is 23.2 Å². The number of hydrogen-bond acceptors (Lipinski definition) is 3. The van der Waals surface area contributed by atoms with E-state index in [1.54, 1.807) is 6.07 Å². The molecule has 1 aromatic rings. The van der Waals surface area contributed by atoms with Crippen LogP contribution in [0.15, 0.2) is 18.2 Å². The summed E-state index contributed by atoms with van der Waals surface area (Å²) in [5.41, 5.74) is 4.71. The zero-order chi connectivity index (χ0) is 15.8. The number of hydrogen-bond donors (Lipinski definition) is 1. The number of rotatable bonds is 2. The van der Waals surface area contributed by atoms with Crippen molar-refractivity contribution < 1.29 is 22.4 Å². The van der Waals surface area contributed by atoms with Gasteiger partial charge in [0.25, 0.3) is 0 Å². The van der Waals surface area contributed by atoms with E-state index in [2.05, 4.69) is 0 Å². The van der Waals surface area contributed by atoms with Crippen LogP contribution in [0.2, 0.25) is 0 Å². The number of primary amides is 1. The number of halogens is 4. The fourth-order valence-electron chi connectivity index (χ4n) is 2.51. The molecule has 1 amide bonds. The van der Waals surface area contributed by atoms with Gasteiger partial charge in [-0.25, -0.2) is 4.39 Å². The van der Waals surface area contributed by atoms with Crippen molar-refractivity contribution in [3.8, 4) is 6.07 Å². The smallest absolute Gasteiger partial charge is 0.369 e. The molecular weight excluding hydrogens is 290 g/mol. The minimum absolute atomic E-state index is 0.0375. The molecule has 2 N–H and O–H groups in total. The minimum atomic E-state index is -4.59. The summed E-state index contributed by atoms with van der Waals surface area (Å²) in [5.74, 6) is -5.22. The quantitative estimate of drug-likeness (QED) is 0.847. The van der Waals surface area contributed by atoms with Crippen LogP contribution in [0.1, 0.15) is 5.56 Å². The highest BCUT2D eigenvalue weighted by molar-refractivity contribution is 5.79. The lowest BCUT2D eigenvalue weighted by molar-refractivity contribution is -0.181. The first-order valence-electron chi connectivity index (χ1n) is 6.05. The predicted molar refractivity (Wildman–Crippen MR) is 65.6 cm³/mol. The lowest BCUT2D eigenvalue weighted by Gasteiger charge is -2.20. The molecule has 0 bridgehead atoms. The van der Waals surface area contributed by atoms with Gasteiger partial charge in [-0.1, -0.05) is 6.07 Å². The monoisotopic (exact) mass is 301 g/mol. The minimum Gasteiger partial charge on any atom is -0.369 e. The van der Waals surface area contributed by atoms with Crippen molar-refractivity contribution in [2.75, 3.05) is 18.0 Å². The van der Waals surface area contributed by atoms with Gasteiger partial charge >= 0.3 is 6.18 Å². The second-order valence-electron chi connectivity index (χ2n) is 4.81. The number of amides is 1. The maximum Gasteiger partial charge on any atom is 0.394 e. The van der Waals surface area contributed by atoms with Crippen molar-refractivity contribution >= 4 is 11.6 Å². The van der Waals surface area contributed by atoms with Crippen LogP contribution < -0.4 is 10.6 Å². The summed E-state index contributed by atoms with van der Waals surface area (Å²) in [7, 11) is 0. The number of nitrogens with two attached hydrogens (primary N) is 1. The van der Waals surface area contributed by atoms with Crippen molar-refractivity contribution in [2.45, 2.75) is 6.18 Å². The standard InChI is InChI=1S/C13H11F4N3O/c14-10-2-1-3-11(7(10)4-18)20-5-8(12(19)21)9(6-20)13(15,16)17/h1-3,8-9H,5-6H2,(H2,19,21)/t8-,9-/m1/s1. The van der Waals surface area contributed by atoms with E-state index in [1.165, 1.54) is 17.0 Å². The Bertz CT molecular complexity index is 608. The van der Waals surface area contributed by atoms with Gasteiger partial charge < -0.3 is 10.6 Å². The number of nitriles is 1. The lowest BCUT2D eigenvalue weighted by atomic mass is 9.95. The van der Waals surface area contributed by atoms with E-state index in [-0.39, 0.29) is 17.8 Å². The van der Waals surface area contributed by atoms with Gasteiger partial charge in [0.1, 0.15) is 17.4 Å². The molecule has 21 heavy (non-hydrogen) atoms. The molecule has 0 spiro atoms. The van der Waals surface area contributed by atoms with Crippen LogP contribution in [0, 0.1) is 29.0 Å². The number of anilines is 1. The molecule has 0 aromatic heterocycles. The lowest BCUT2D eigenvalue weighted by Crippen LogP contribution is -2.37. The molecule has 1 aliphatic rings. The zero-order valence-electron chi connectivity index (χ0n) is 10.7. The molecule has 0 saturated carbocycles. The number of nitrogens with zero attached hydrogens (tertiary/aromatic N) is 2. The van der Waals surface area contributed by atoms with E-state index in [1.807, 2.05) is 0 Å². The van der Waals surface area contributed by atoms with Gasteiger partial charge in [0.05, 0.1) is 17.5 Å². The number of carbonyl (C=O) groups excluding carboxylic acids is 1. The molecule has 1 saturated heterocycles. The largest absolute Gasteiger partial charge is 0.394 e. The molecule has 2 rings (SSSR count). The van der Waals surface area contributed by atoms with Crippen LogP contribution in [-0.2, 0) is 4.79 Å². The summed E-state index contributed by atoms with van der Waals surface area (Å²) in [6.45, 7) is -0.827. The SMILES string of the molecule is N#Cc1c(F)cccc1N1C[C@@H](C(F)(F)F)[C@H](C(N)=O)C1. The highest BCUT2D eigenvalue weighted by Crippen LogP contribution is 2.40. The van der Waals surface area contributed by atoms with Gasteiger partial charge in [-0.05, 0) is 12.1 Å². The van der Waals surface area contributed by atoms with Gasteiger partial charge in [-0.15, -0.1) is 0 Å². The fourth-order valence-corrected chi connectivity index (χ4v) is 2.51. The molecule has 0 aliphatic carbocycles. The molecule has 1 aromatic carbocycles. The van der Waals surface area contributed by atoms with Gasteiger partial charge in [0.2, 0.25) is 5.91 Å². The van der Waals surface area contributed by atoms with Crippen molar-refractivity contribution in [1.29, 1.82) is 5.26 Å². The molecule has 1 heterocycles. The van der Waals surface area contributed by atoms with Gasteiger partial charge in [-0.3, -0.25) is 4.79 Å². The highest BCUT2D eigenvalue weighted by atomic mass is 19.4. The van der Waals surface area contributed by atoms with Crippen molar-refractivity contribution in [3.05, 3.63) is 29.6 Å². The Balaban J connectivity index is 2.39. The molecule has 0 unspecified atom stereocenters. The normalized spacial score (nSPS) is 22.1. The number of alkyl halides is 3. The third-order valence-corrected chi connectivity index (χ3v) is 3.55. The first-order chi connectivity index (χ1) is 9.75. The Labute approximate surface area is 117 Å². The molecule has 0 radical (unpaired) electrons. The van der Waals surface area contributed by atoms with Crippen LogP contribution in [0.5, 0.6) is 0 Å². The van der Waals surface area contributed by atoms with Gasteiger partial charge in [0.15, 0.2) is 0 Å². The van der Waals surface area contributed by atoms with Gasteiger partial charge in [0, 0.05) is 13.1 Å². The maximum atomic E-state index is 13.5. The highest BCUT2D eigenvalue weighted by Gasteiger charge is 2.52. The fraction of sp³-hybridized carbons (Fsp3) is 0.385. The Morgan fingerprint density at radius 1 is 1.38 bits per heavy atom. The van der Waals surface area contributed by atoms with E-state index in [0.29, 0.717) is 0 Å². The summed E-state index contributed by atoms with van der Waals surface area (Å²) in [5, 5.41) is 8.93. The molecule has 1 aliphatic heterocycles. The first kappa shape index (κ1) is 15.1. The van der Waals surface area contributed by atoms with E-state index in [0.717, 1.165) is 6.07 Å². The summed E-state index contributed by atoms with van der Waals surface area (Å²) in [6, 6.07) is 5.31. The molecule has 8 heteroatoms. The second-order valence-corrected chi connectivity index (χ2v) is 4.81. The predicted octanol–water partition coefficient (Wildman–Crippen LogP) is 1.80. The Hall–Kier alpha value is -2.30. The molecule has 112 valence electrons. The third-order valence-electron chi connectivity index (χ3n) is 3.55. The third kappa shape index (κ3) is 2.77. The second kappa shape index (κ2) is 5.24. The number of carbonyl (C=O) groups is 1. The van der Waals surface area contributed by atoms with E-state index < -0.39 is 36.3 Å². The summed E-state index contributed by atoms with van der Waals surface area (Å²) < 4.78 is 52.4. The Kier molecular flexibility index (Phi) is 3.77. The molecule has 2 atom stereocenters. The summed E-state index contributed by atoms with van der Waals surface area (Å²) in [4.78, 5) is 12.4. The molecule has 4 nitrogen and oxygen atoms in total. The zero-order valence-corrected chi connectivity index (χ0v) is 10.7. The molecule has 1 fully saturated rings. The van der Waals surface area contributed by atoms with Crippen LogP contribution >= 0.6 is 0 Å². The van der Waals surface area contributed by atoms with Crippen LogP contribution in [-0.4, -0.2) is 25.2 Å². The Morgan fingerprint density at radius 2 is 2.05 bits per heavy atom.